The molecule has 28 heavy (non-hydrogen) atoms. The summed E-state index contributed by atoms with van der Waals surface area (Å²) in [5, 5.41) is 2.69. The van der Waals surface area contributed by atoms with E-state index in [1.807, 2.05) is 0 Å². The highest BCUT2D eigenvalue weighted by molar-refractivity contribution is 9.10. The molecule has 0 saturated carbocycles. The molecule has 0 aromatic heterocycles. The second kappa shape index (κ2) is 9.95. The van der Waals surface area contributed by atoms with Gasteiger partial charge >= 0.3 is 0 Å². The fraction of sp³-hybridized carbons (Fsp3) is 0.263. The molecule has 0 aliphatic rings. The van der Waals surface area contributed by atoms with E-state index in [0.29, 0.717) is 22.8 Å². The minimum absolute atomic E-state index is 0.0587. The first kappa shape index (κ1) is 21.5. The molecule has 0 heterocycles. The molecule has 2 rings (SSSR count). The molecule has 0 bridgehead atoms. The number of amides is 2. The zero-order valence-corrected chi connectivity index (χ0v) is 17.3. The van der Waals surface area contributed by atoms with Crippen molar-refractivity contribution >= 4 is 33.4 Å². The van der Waals surface area contributed by atoms with Crippen molar-refractivity contribution in [3.8, 4) is 17.2 Å². The van der Waals surface area contributed by atoms with Gasteiger partial charge in [-0.1, -0.05) is 6.07 Å². The number of anilines is 1. The summed E-state index contributed by atoms with van der Waals surface area (Å²) < 4.78 is 21.5. The van der Waals surface area contributed by atoms with Gasteiger partial charge in [0.25, 0.3) is 5.91 Å². The van der Waals surface area contributed by atoms with Gasteiger partial charge in [-0.3, -0.25) is 9.59 Å². The SMILES string of the molecule is COCOc1cc(CC(=O)Nc2cc(OC)c(OC)cc2C(N)=O)ccc1Br. The minimum Gasteiger partial charge on any atom is -0.493 e. The van der Waals surface area contributed by atoms with Crippen molar-refractivity contribution < 1.29 is 28.5 Å². The number of benzene rings is 2. The maximum Gasteiger partial charge on any atom is 0.250 e. The van der Waals surface area contributed by atoms with E-state index < -0.39 is 5.91 Å². The number of methoxy groups -OCH3 is 3. The largest absolute Gasteiger partial charge is 0.493 e. The standard InChI is InChI=1S/C19H21BrN2O6/c1-25-10-28-15-6-11(4-5-13(15)20)7-18(23)22-14-9-17(27-3)16(26-2)8-12(14)19(21)24/h4-6,8-9H,7,10H2,1-3H3,(H2,21,24)(H,22,23). The minimum atomic E-state index is -0.699. The number of carbonyl (C=O) groups is 2. The van der Waals surface area contributed by atoms with Crippen LogP contribution in [-0.2, 0) is 16.0 Å². The molecular weight excluding hydrogens is 432 g/mol. The molecule has 0 atom stereocenters. The summed E-state index contributed by atoms with van der Waals surface area (Å²) in [6.07, 6.45) is 0.0587. The maximum atomic E-state index is 12.5. The maximum absolute atomic E-state index is 12.5. The third kappa shape index (κ3) is 5.37. The fourth-order valence-electron chi connectivity index (χ4n) is 2.46. The van der Waals surface area contributed by atoms with Gasteiger partial charge in [-0.25, -0.2) is 0 Å². The van der Waals surface area contributed by atoms with Crippen molar-refractivity contribution in [3.05, 3.63) is 45.9 Å². The molecule has 8 nitrogen and oxygen atoms in total. The molecule has 0 aliphatic heterocycles. The van der Waals surface area contributed by atoms with E-state index in [-0.39, 0.29) is 30.4 Å². The molecular formula is C19H21BrN2O6. The summed E-state index contributed by atoms with van der Waals surface area (Å²) in [6.45, 7) is 0.0852. The Morgan fingerprint density at radius 3 is 2.32 bits per heavy atom. The number of rotatable bonds is 9. The smallest absolute Gasteiger partial charge is 0.250 e. The second-order valence-electron chi connectivity index (χ2n) is 5.66. The summed E-state index contributed by atoms with van der Waals surface area (Å²) in [5.41, 5.74) is 6.49. The Morgan fingerprint density at radius 1 is 1.04 bits per heavy atom. The van der Waals surface area contributed by atoms with Crippen molar-refractivity contribution in [2.24, 2.45) is 5.73 Å². The van der Waals surface area contributed by atoms with Gasteiger partial charge in [-0.2, -0.15) is 0 Å². The number of nitrogens with two attached hydrogens (primary N) is 1. The zero-order valence-electron chi connectivity index (χ0n) is 15.7. The van der Waals surface area contributed by atoms with Gasteiger partial charge in [0.2, 0.25) is 5.91 Å². The van der Waals surface area contributed by atoms with E-state index in [1.54, 1.807) is 18.2 Å². The lowest BCUT2D eigenvalue weighted by molar-refractivity contribution is -0.115. The Labute approximate surface area is 171 Å². The number of hydrogen-bond acceptors (Lipinski definition) is 6. The van der Waals surface area contributed by atoms with Crippen LogP contribution in [0.15, 0.2) is 34.8 Å². The Morgan fingerprint density at radius 2 is 1.71 bits per heavy atom. The van der Waals surface area contributed by atoms with Gasteiger partial charge in [-0.05, 0) is 39.7 Å². The Balaban J connectivity index is 2.22. The molecule has 3 N–H and O–H groups in total. The topological polar surface area (TPSA) is 109 Å². The van der Waals surface area contributed by atoms with Crippen molar-refractivity contribution in [2.75, 3.05) is 33.4 Å². The highest BCUT2D eigenvalue weighted by atomic mass is 79.9. The first-order valence-electron chi connectivity index (χ1n) is 8.15. The van der Waals surface area contributed by atoms with Gasteiger partial charge in [0.1, 0.15) is 5.75 Å². The van der Waals surface area contributed by atoms with Crippen molar-refractivity contribution in [1.29, 1.82) is 0 Å². The summed E-state index contributed by atoms with van der Waals surface area (Å²) >= 11 is 3.38. The molecule has 2 amide bonds. The molecule has 2 aromatic carbocycles. The second-order valence-corrected chi connectivity index (χ2v) is 6.51. The summed E-state index contributed by atoms with van der Waals surface area (Å²) in [5.74, 6) is 0.213. The molecule has 9 heteroatoms. The van der Waals surface area contributed by atoms with Crippen LogP contribution in [0, 0.1) is 0 Å². The van der Waals surface area contributed by atoms with Gasteiger partial charge < -0.3 is 30.0 Å². The number of primary amides is 1. The van der Waals surface area contributed by atoms with Crippen LogP contribution in [0.3, 0.4) is 0 Å². The Kier molecular flexibility index (Phi) is 7.65. The molecule has 0 fully saturated rings. The summed E-state index contributed by atoms with van der Waals surface area (Å²) in [4.78, 5) is 24.3. The van der Waals surface area contributed by atoms with Gasteiger partial charge in [0, 0.05) is 13.2 Å². The van der Waals surface area contributed by atoms with E-state index in [9.17, 15) is 9.59 Å². The van der Waals surface area contributed by atoms with Gasteiger partial charge in [0.05, 0.1) is 36.4 Å². The van der Waals surface area contributed by atoms with Crippen molar-refractivity contribution in [3.63, 3.8) is 0 Å². The zero-order chi connectivity index (χ0) is 20.7. The first-order chi connectivity index (χ1) is 13.4. The Hall–Kier alpha value is -2.78. The number of nitrogens with one attached hydrogen (secondary N) is 1. The van der Waals surface area contributed by atoms with E-state index in [1.165, 1.54) is 33.5 Å². The van der Waals surface area contributed by atoms with Crippen LogP contribution in [-0.4, -0.2) is 39.9 Å². The van der Waals surface area contributed by atoms with Crippen LogP contribution >= 0.6 is 15.9 Å². The van der Waals surface area contributed by atoms with Crippen molar-refractivity contribution in [1.82, 2.24) is 0 Å². The monoisotopic (exact) mass is 452 g/mol. The van der Waals surface area contributed by atoms with Crippen LogP contribution in [0.5, 0.6) is 17.2 Å². The van der Waals surface area contributed by atoms with Crippen LogP contribution in [0.25, 0.3) is 0 Å². The van der Waals surface area contributed by atoms with E-state index in [4.69, 9.17) is 24.7 Å². The first-order valence-corrected chi connectivity index (χ1v) is 8.94. The molecule has 150 valence electrons. The normalized spacial score (nSPS) is 10.3. The van der Waals surface area contributed by atoms with Crippen LogP contribution in [0.1, 0.15) is 15.9 Å². The number of halogens is 1. The fourth-order valence-corrected chi connectivity index (χ4v) is 2.82. The lowest BCUT2D eigenvalue weighted by atomic mass is 10.1. The summed E-state index contributed by atoms with van der Waals surface area (Å²) in [6, 6.07) is 8.21. The molecule has 0 spiro atoms. The molecule has 0 radical (unpaired) electrons. The van der Waals surface area contributed by atoms with Crippen molar-refractivity contribution in [2.45, 2.75) is 6.42 Å². The quantitative estimate of drug-likeness (QED) is 0.566. The number of hydrogen-bond donors (Lipinski definition) is 2. The third-order valence-electron chi connectivity index (χ3n) is 3.76. The van der Waals surface area contributed by atoms with Crippen LogP contribution in [0.4, 0.5) is 5.69 Å². The molecule has 2 aromatic rings. The average molecular weight is 453 g/mol. The van der Waals surface area contributed by atoms with Gasteiger partial charge in [0.15, 0.2) is 18.3 Å². The molecule has 0 saturated heterocycles. The summed E-state index contributed by atoms with van der Waals surface area (Å²) in [7, 11) is 4.42. The third-order valence-corrected chi connectivity index (χ3v) is 4.41. The van der Waals surface area contributed by atoms with Crippen LogP contribution < -0.4 is 25.3 Å². The van der Waals surface area contributed by atoms with Crippen LogP contribution in [0.2, 0.25) is 0 Å². The van der Waals surface area contributed by atoms with E-state index in [2.05, 4.69) is 21.2 Å². The number of ether oxygens (including phenoxy) is 4. The highest BCUT2D eigenvalue weighted by Crippen LogP contribution is 2.33. The highest BCUT2D eigenvalue weighted by Gasteiger charge is 2.17. The average Bonchev–Trinajstić information content (AvgIpc) is 2.67. The molecule has 0 unspecified atom stereocenters. The lowest BCUT2D eigenvalue weighted by Gasteiger charge is -2.14. The van der Waals surface area contributed by atoms with Gasteiger partial charge in [-0.15, -0.1) is 0 Å². The molecule has 0 aliphatic carbocycles. The van der Waals surface area contributed by atoms with E-state index in [0.717, 1.165) is 4.47 Å². The lowest BCUT2D eigenvalue weighted by Crippen LogP contribution is -2.20. The predicted octanol–water partition coefficient (Wildman–Crippen LogP) is 2.73. The predicted molar refractivity (Wildman–Crippen MR) is 107 cm³/mol. The Bertz CT molecular complexity index is 872. The number of carbonyl (C=O) groups excluding carboxylic acids is 2. The van der Waals surface area contributed by atoms with E-state index >= 15 is 0 Å².